The third-order valence-corrected chi connectivity index (χ3v) is 4.37. The molecule has 0 N–H and O–H groups in total. The Morgan fingerprint density at radius 1 is 0.960 bits per heavy atom. The van der Waals surface area contributed by atoms with Gasteiger partial charge in [0, 0.05) is 32.4 Å². The minimum atomic E-state index is -0.531. The van der Waals surface area contributed by atoms with Crippen LogP contribution in [0.3, 0.4) is 0 Å². The van der Waals surface area contributed by atoms with Gasteiger partial charge in [0.1, 0.15) is 11.0 Å². The second-order valence-corrected chi connectivity index (χ2v) is 6.17. The van der Waals surface area contributed by atoms with Crippen molar-refractivity contribution >= 4 is 23.4 Å². The molecule has 130 valence electrons. The number of aromatic nitrogens is 1. The van der Waals surface area contributed by atoms with Gasteiger partial charge < -0.3 is 9.80 Å². The summed E-state index contributed by atoms with van der Waals surface area (Å²) in [5, 5.41) is 0.328. The topological polar surface area (TPSA) is 53.5 Å². The van der Waals surface area contributed by atoms with Crippen LogP contribution in [-0.4, -0.2) is 52.8 Å². The molecule has 2 aromatic rings. The second-order valence-electron chi connectivity index (χ2n) is 5.79. The van der Waals surface area contributed by atoms with E-state index in [1.807, 2.05) is 0 Å². The maximum absolute atomic E-state index is 13.8. The molecule has 0 spiro atoms. The van der Waals surface area contributed by atoms with E-state index in [1.165, 1.54) is 18.3 Å². The van der Waals surface area contributed by atoms with Crippen molar-refractivity contribution in [1.82, 2.24) is 14.8 Å². The monoisotopic (exact) mass is 361 g/mol. The van der Waals surface area contributed by atoms with E-state index >= 15 is 0 Å². The summed E-state index contributed by atoms with van der Waals surface area (Å²) < 4.78 is 13.8. The molecule has 0 aliphatic carbocycles. The first kappa shape index (κ1) is 17.4. The molecule has 25 heavy (non-hydrogen) atoms. The Morgan fingerprint density at radius 2 is 1.64 bits per heavy atom. The smallest absolute Gasteiger partial charge is 0.256 e. The van der Waals surface area contributed by atoms with Crippen molar-refractivity contribution in [2.75, 3.05) is 26.2 Å². The van der Waals surface area contributed by atoms with Gasteiger partial charge in [-0.25, -0.2) is 9.37 Å². The van der Waals surface area contributed by atoms with E-state index in [-0.39, 0.29) is 17.4 Å². The van der Waals surface area contributed by atoms with Gasteiger partial charge in [-0.05, 0) is 30.7 Å². The highest BCUT2D eigenvalue weighted by atomic mass is 35.5. The van der Waals surface area contributed by atoms with Crippen molar-refractivity contribution in [1.29, 1.82) is 0 Å². The molecule has 1 aromatic heterocycles. The minimum Gasteiger partial charge on any atom is -0.337 e. The fourth-order valence-electron chi connectivity index (χ4n) is 2.81. The molecule has 0 unspecified atom stereocenters. The van der Waals surface area contributed by atoms with Crippen molar-refractivity contribution < 1.29 is 14.0 Å². The molecule has 1 saturated heterocycles. The van der Waals surface area contributed by atoms with Gasteiger partial charge in [-0.1, -0.05) is 23.7 Å². The van der Waals surface area contributed by atoms with E-state index in [2.05, 4.69) is 4.98 Å². The molecule has 1 fully saturated rings. The Hall–Kier alpha value is -2.47. The fourth-order valence-corrected chi connectivity index (χ4v) is 2.93. The van der Waals surface area contributed by atoms with Crippen LogP contribution in [0.25, 0.3) is 0 Å². The molecule has 1 aliphatic heterocycles. The lowest BCUT2D eigenvalue weighted by Gasteiger charge is -2.22. The van der Waals surface area contributed by atoms with Gasteiger partial charge >= 0.3 is 0 Å². The van der Waals surface area contributed by atoms with Crippen LogP contribution in [0.4, 0.5) is 4.39 Å². The number of rotatable bonds is 2. The number of carbonyl (C=O) groups is 2. The maximum atomic E-state index is 13.8. The summed E-state index contributed by atoms with van der Waals surface area (Å²) in [6.45, 7) is 1.76. The Balaban J connectivity index is 1.68. The molecule has 2 amide bonds. The summed E-state index contributed by atoms with van der Waals surface area (Å²) in [6.07, 6.45) is 2.07. The Kier molecular flexibility index (Phi) is 5.28. The average molecular weight is 362 g/mol. The number of halogens is 2. The van der Waals surface area contributed by atoms with Crippen LogP contribution >= 0.6 is 11.6 Å². The van der Waals surface area contributed by atoms with Crippen molar-refractivity contribution in [3.63, 3.8) is 0 Å². The van der Waals surface area contributed by atoms with Crippen LogP contribution in [-0.2, 0) is 0 Å². The fraction of sp³-hybridized carbons (Fsp3) is 0.278. The van der Waals surface area contributed by atoms with E-state index < -0.39 is 5.82 Å². The van der Waals surface area contributed by atoms with Crippen molar-refractivity contribution in [3.8, 4) is 0 Å². The number of nitrogens with zero attached hydrogens (tertiary/aromatic N) is 3. The van der Waals surface area contributed by atoms with Crippen LogP contribution in [0.2, 0.25) is 5.15 Å². The zero-order valence-electron chi connectivity index (χ0n) is 13.5. The van der Waals surface area contributed by atoms with Crippen LogP contribution in [0.1, 0.15) is 27.1 Å². The van der Waals surface area contributed by atoms with E-state index in [0.717, 1.165) is 0 Å². The summed E-state index contributed by atoms with van der Waals surface area (Å²) in [5.74, 6) is -1.03. The molecule has 3 rings (SSSR count). The molecule has 5 nitrogen and oxygen atoms in total. The zero-order chi connectivity index (χ0) is 17.8. The number of hydrogen-bond acceptors (Lipinski definition) is 3. The molecule has 1 aliphatic rings. The number of carbonyl (C=O) groups excluding carboxylic acids is 2. The molecular weight excluding hydrogens is 345 g/mol. The van der Waals surface area contributed by atoms with E-state index in [9.17, 15) is 14.0 Å². The SMILES string of the molecule is O=C(c1ccc(Cl)nc1)N1CCCN(C(=O)c2ccccc2F)CC1. The van der Waals surface area contributed by atoms with Gasteiger partial charge in [0.15, 0.2) is 0 Å². The summed E-state index contributed by atoms with van der Waals surface area (Å²) in [7, 11) is 0. The van der Waals surface area contributed by atoms with Gasteiger partial charge in [0.05, 0.1) is 11.1 Å². The molecule has 7 heteroatoms. The lowest BCUT2D eigenvalue weighted by atomic mass is 10.2. The molecule has 0 bridgehead atoms. The lowest BCUT2D eigenvalue weighted by molar-refractivity contribution is 0.0716. The number of pyridine rings is 1. The summed E-state index contributed by atoms with van der Waals surface area (Å²) >= 11 is 5.74. The highest BCUT2D eigenvalue weighted by Gasteiger charge is 2.24. The first-order chi connectivity index (χ1) is 12.1. The van der Waals surface area contributed by atoms with Gasteiger partial charge in [0.25, 0.3) is 11.8 Å². The predicted octanol–water partition coefficient (Wildman–Crippen LogP) is 2.86. The molecule has 0 saturated carbocycles. The van der Waals surface area contributed by atoms with E-state index in [4.69, 9.17) is 11.6 Å². The van der Waals surface area contributed by atoms with E-state index in [0.29, 0.717) is 43.3 Å². The number of amides is 2. The molecule has 0 radical (unpaired) electrons. The largest absolute Gasteiger partial charge is 0.337 e. The first-order valence-corrected chi connectivity index (χ1v) is 8.38. The molecule has 2 heterocycles. The third kappa shape index (κ3) is 3.96. The first-order valence-electron chi connectivity index (χ1n) is 8.01. The number of hydrogen-bond donors (Lipinski definition) is 0. The van der Waals surface area contributed by atoms with Gasteiger partial charge in [0.2, 0.25) is 0 Å². The normalized spacial score (nSPS) is 15.0. The van der Waals surface area contributed by atoms with Crippen LogP contribution in [0.15, 0.2) is 42.6 Å². The Bertz CT molecular complexity index is 782. The predicted molar refractivity (Wildman–Crippen MR) is 92.1 cm³/mol. The van der Waals surface area contributed by atoms with Crippen molar-refractivity contribution in [2.24, 2.45) is 0 Å². The van der Waals surface area contributed by atoms with E-state index in [1.54, 1.807) is 34.1 Å². The maximum Gasteiger partial charge on any atom is 0.256 e. The Morgan fingerprint density at radius 3 is 2.28 bits per heavy atom. The van der Waals surface area contributed by atoms with Crippen LogP contribution < -0.4 is 0 Å². The lowest BCUT2D eigenvalue weighted by Crippen LogP contribution is -2.37. The molecule has 0 atom stereocenters. The minimum absolute atomic E-state index is 0.0594. The van der Waals surface area contributed by atoms with Gasteiger partial charge in [-0.3, -0.25) is 9.59 Å². The van der Waals surface area contributed by atoms with Crippen molar-refractivity contribution in [3.05, 3.63) is 64.7 Å². The summed E-state index contributed by atoms with van der Waals surface area (Å²) in [5.41, 5.74) is 0.516. The van der Waals surface area contributed by atoms with Crippen LogP contribution in [0, 0.1) is 5.82 Å². The molecule has 1 aromatic carbocycles. The summed E-state index contributed by atoms with van der Waals surface area (Å²) in [6, 6.07) is 9.14. The third-order valence-electron chi connectivity index (χ3n) is 4.15. The highest BCUT2D eigenvalue weighted by molar-refractivity contribution is 6.29. The summed E-state index contributed by atoms with van der Waals surface area (Å²) in [4.78, 5) is 32.3. The second kappa shape index (κ2) is 7.61. The standard InChI is InChI=1S/C18H17ClFN3O2/c19-16-7-6-13(12-21-16)17(24)22-8-3-9-23(11-10-22)18(25)14-4-1-2-5-15(14)20/h1-2,4-7,12H,3,8-11H2. The van der Waals surface area contributed by atoms with Crippen LogP contribution in [0.5, 0.6) is 0 Å². The average Bonchev–Trinajstić information content (AvgIpc) is 2.88. The zero-order valence-corrected chi connectivity index (χ0v) is 14.2. The van der Waals surface area contributed by atoms with Gasteiger partial charge in [-0.15, -0.1) is 0 Å². The number of benzene rings is 1. The molecular formula is C18H17ClFN3O2. The Labute approximate surface area is 150 Å². The highest BCUT2D eigenvalue weighted by Crippen LogP contribution is 2.14. The van der Waals surface area contributed by atoms with Gasteiger partial charge in [-0.2, -0.15) is 0 Å². The quantitative estimate of drug-likeness (QED) is 0.773. The van der Waals surface area contributed by atoms with Crippen molar-refractivity contribution in [2.45, 2.75) is 6.42 Å².